The monoisotopic (exact) mass is 325 g/mol. The summed E-state index contributed by atoms with van der Waals surface area (Å²) in [5.41, 5.74) is 1.37. The fourth-order valence-corrected chi connectivity index (χ4v) is 2.66. The van der Waals surface area contributed by atoms with Crippen LogP contribution in [0.25, 0.3) is 0 Å². The highest BCUT2D eigenvalue weighted by molar-refractivity contribution is 9.10. The molecule has 0 spiro atoms. The van der Waals surface area contributed by atoms with Gasteiger partial charge in [0.25, 0.3) is 0 Å². The van der Waals surface area contributed by atoms with Gasteiger partial charge in [0.1, 0.15) is 16.2 Å². The van der Waals surface area contributed by atoms with E-state index in [4.69, 9.17) is 0 Å². The van der Waals surface area contributed by atoms with Crippen LogP contribution >= 0.6 is 27.3 Å². The van der Waals surface area contributed by atoms with Crippen molar-refractivity contribution in [2.24, 2.45) is 0 Å². The Morgan fingerprint density at radius 2 is 2.22 bits per heavy atom. The molecule has 1 N–H and O–H groups in total. The van der Waals surface area contributed by atoms with Gasteiger partial charge in [-0.05, 0) is 44.7 Å². The van der Waals surface area contributed by atoms with Gasteiger partial charge >= 0.3 is 0 Å². The average Bonchev–Trinajstić information content (AvgIpc) is 2.81. The molecule has 0 radical (unpaired) electrons. The van der Waals surface area contributed by atoms with E-state index in [1.54, 1.807) is 11.3 Å². The second kappa shape index (κ2) is 6.29. The first-order valence-corrected chi connectivity index (χ1v) is 7.68. The van der Waals surface area contributed by atoms with Gasteiger partial charge in [-0.3, -0.25) is 0 Å². The van der Waals surface area contributed by atoms with Crippen molar-refractivity contribution in [2.75, 3.05) is 11.9 Å². The largest absolute Gasteiger partial charge is 0.370 e. The predicted octanol–water partition coefficient (Wildman–Crippen LogP) is 4.08. The third kappa shape index (κ3) is 3.78. The van der Waals surface area contributed by atoms with Crippen LogP contribution in [0.1, 0.15) is 31.2 Å². The minimum Gasteiger partial charge on any atom is -0.370 e. The Bertz CT molecular complexity index is 497. The molecule has 0 atom stereocenters. The van der Waals surface area contributed by atoms with E-state index in [0.717, 1.165) is 29.2 Å². The minimum atomic E-state index is 0.333. The molecule has 18 heavy (non-hydrogen) atoms. The SMILES string of the molecule is CC(C)c1nc(Br)cc(NCCc2ccsc2)n1. The van der Waals surface area contributed by atoms with Gasteiger partial charge in [0, 0.05) is 18.5 Å². The summed E-state index contributed by atoms with van der Waals surface area (Å²) >= 11 is 5.16. The van der Waals surface area contributed by atoms with Gasteiger partial charge in [0.15, 0.2) is 0 Å². The Morgan fingerprint density at radius 1 is 1.39 bits per heavy atom. The Kier molecular flexibility index (Phi) is 4.72. The number of nitrogens with one attached hydrogen (secondary N) is 1. The Balaban J connectivity index is 1.96. The van der Waals surface area contributed by atoms with Crippen LogP contribution in [0, 0.1) is 0 Å². The van der Waals surface area contributed by atoms with Crippen molar-refractivity contribution < 1.29 is 0 Å². The molecule has 2 aromatic heterocycles. The lowest BCUT2D eigenvalue weighted by atomic mass is 10.2. The quantitative estimate of drug-likeness (QED) is 0.842. The maximum absolute atomic E-state index is 4.50. The maximum atomic E-state index is 4.50. The molecule has 0 aliphatic heterocycles. The summed E-state index contributed by atoms with van der Waals surface area (Å²) in [5, 5.41) is 7.62. The lowest BCUT2D eigenvalue weighted by Gasteiger charge is -2.09. The smallest absolute Gasteiger partial charge is 0.134 e. The number of hydrogen-bond acceptors (Lipinski definition) is 4. The highest BCUT2D eigenvalue weighted by Gasteiger charge is 2.06. The molecule has 0 amide bonds. The van der Waals surface area contributed by atoms with Gasteiger partial charge in [-0.2, -0.15) is 11.3 Å². The van der Waals surface area contributed by atoms with Crippen molar-refractivity contribution in [3.8, 4) is 0 Å². The van der Waals surface area contributed by atoms with Gasteiger partial charge in [0.05, 0.1) is 0 Å². The van der Waals surface area contributed by atoms with E-state index in [-0.39, 0.29) is 0 Å². The number of thiophene rings is 1. The van der Waals surface area contributed by atoms with Crippen molar-refractivity contribution in [1.29, 1.82) is 0 Å². The molecule has 5 heteroatoms. The van der Waals surface area contributed by atoms with Crippen molar-refractivity contribution in [1.82, 2.24) is 9.97 Å². The van der Waals surface area contributed by atoms with E-state index in [1.165, 1.54) is 5.56 Å². The third-order valence-corrected chi connectivity index (χ3v) is 3.67. The van der Waals surface area contributed by atoms with E-state index in [9.17, 15) is 0 Å². The van der Waals surface area contributed by atoms with Crippen molar-refractivity contribution in [2.45, 2.75) is 26.2 Å². The zero-order valence-corrected chi connectivity index (χ0v) is 12.9. The Hall–Kier alpha value is -0.940. The van der Waals surface area contributed by atoms with Crippen molar-refractivity contribution >= 4 is 33.1 Å². The van der Waals surface area contributed by atoms with E-state index in [0.29, 0.717) is 5.92 Å². The minimum absolute atomic E-state index is 0.333. The molecule has 0 saturated carbocycles. The van der Waals surface area contributed by atoms with E-state index in [2.05, 4.69) is 61.9 Å². The van der Waals surface area contributed by atoms with Gasteiger partial charge < -0.3 is 5.32 Å². The Labute approximate surface area is 120 Å². The molecule has 2 rings (SSSR count). The number of aromatic nitrogens is 2. The summed E-state index contributed by atoms with van der Waals surface area (Å²) in [6.45, 7) is 5.07. The molecule has 0 saturated heterocycles. The molecule has 0 aliphatic carbocycles. The number of nitrogens with zero attached hydrogens (tertiary/aromatic N) is 2. The van der Waals surface area contributed by atoms with Crippen LogP contribution in [-0.2, 0) is 6.42 Å². The third-order valence-electron chi connectivity index (χ3n) is 2.53. The molecule has 0 fully saturated rings. The fourth-order valence-electron chi connectivity index (χ4n) is 1.55. The highest BCUT2D eigenvalue weighted by atomic mass is 79.9. The number of rotatable bonds is 5. The molecule has 0 aromatic carbocycles. The summed E-state index contributed by atoms with van der Waals surface area (Å²) in [5.74, 6) is 2.08. The molecule has 3 nitrogen and oxygen atoms in total. The van der Waals surface area contributed by atoms with Gasteiger partial charge in [-0.15, -0.1) is 0 Å². The molecule has 96 valence electrons. The van der Waals surface area contributed by atoms with E-state index < -0.39 is 0 Å². The van der Waals surface area contributed by atoms with Gasteiger partial charge in [-0.1, -0.05) is 13.8 Å². The van der Waals surface area contributed by atoms with Crippen molar-refractivity contribution in [3.05, 3.63) is 38.9 Å². The normalized spacial score (nSPS) is 10.9. The van der Waals surface area contributed by atoms with Gasteiger partial charge in [0.2, 0.25) is 0 Å². The summed E-state index contributed by atoms with van der Waals surface area (Å²) in [6.07, 6.45) is 1.02. The summed E-state index contributed by atoms with van der Waals surface area (Å²) < 4.78 is 0.833. The highest BCUT2D eigenvalue weighted by Crippen LogP contribution is 2.17. The number of halogens is 1. The molecule has 0 unspecified atom stereocenters. The maximum Gasteiger partial charge on any atom is 0.134 e. The predicted molar refractivity (Wildman–Crippen MR) is 80.3 cm³/mol. The fraction of sp³-hybridized carbons (Fsp3) is 0.385. The van der Waals surface area contributed by atoms with Crippen LogP contribution in [0.15, 0.2) is 27.5 Å². The van der Waals surface area contributed by atoms with Crippen LogP contribution in [-0.4, -0.2) is 16.5 Å². The standard InChI is InChI=1S/C13H16BrN3S/c1-9(2)13-16-11(14)7-12(17-13)15-5-3-10-4-6-18-8-10/h4,6-9H,3,5H2,1-2H3,(H,15,16,17). The summed E-state index contributed by atoms with van der Waals surface area (Å²) in [7, 11) is 0. The first-order chi connectivity index (χ1) is 8.65. The first kappa shape index (κ1) is 13.5. The summed E-state index contributed by atoms with van der Waals surface area (Å²) in [4.78, 5) is 8.86. The van der Waals surface area contributed by atoms with E-state index >= 15 is 0 Å². The van der Waals surface area contributed by atoms with Crippen LogP contribution in [0.3, 0.4) is 0 Å². The first-order valence-electron chi connectivity index (χ1n) is 5.94. The molecule has 2 aromatic rings. The van der Waals surface area contributed by atoms with Crippen LogP contribution in [0.5, 0.6) is 0 Å². The van der Waals surface area contributed by atoms with Gasteiger partial charge in [-0.25, -0.2) is 9.97 Å². The van der Waals surface area contributed by atoms with Crippen LogP contribution < -0.4 is 5.32 Å². The molecule has 0 aliphatic rings. The van der Waals surface area contributed by atoms with E-state index in [1.807, 2.05) is 6.07 Å². The van der Waals surface area contributed by atoms with Crippen molar-refractivity contribution in [3.63, 3.8) is 0 Å². The summed E-state index contributed by atoms with van der Waals surface area (Å²) in [6, 6.07) is 4.07. The zero-order valence-electron chi connectivity index (χ0n) is 10.5. The molecule has 0 bridgehead atoms. The molecular formula is C13H16BrN3S. The molecular weight excluding hydrogens is 310 g/mol. The van der Waals surface area contributed by atoms with Crippen LogP contribution in [0.2, 0.25) is 0 Å². The molecule has 2 heterocycles. The second-order valence-corrected chi connectivity index (χ2v) is 5.99. The second-order valence-electron chi connectivity index (χ2n) is 4.40. The lowest BCUT2D eigenvalue weighted by molar-refractivity contribution is 0.769. The topological polar surface area (TPSA) is 37.8 Å². The zero-order chi connectivity index (χ0) is 13.0. The number of anilines is 1. The number of hydrogen-bond donors (Lipinski definition) is 1. The Morgan fingerprint density at radius 3 is 2.89 bits per heavy atom. The lowest BCUT2D eigenvalue weighted by Crippen LogP contribution is -2.08. The van der Waals surface area contributed by atoms with Crippen LogP contribution in [0.4, 0.5) is 5.82 Å². The average molecular weight is 326 g/mol.